The number of primary amides is 1. The van der Waals surface area contributed by atoms with Crippen LogP contribution in [0.15, 0.2) is 42.5 Å². The van der Waals surface area contributed by atoms with Gasteiger partial charge in [-0.2, -0.15) is 0 Å². The van der Waals surface area contributed by atoms with Crippen molar-refractivity contribution < 1.29 is 14.3 Å². The normalized spacial score (nSPS) is 11.1. The number of rotatable bonds is 5. The molecule has 2 aromatic rings. The Hall–Kier alpha value is -2.49. The average molecular weight is 313 g/mol. The summed E-state index contributed by atoms with van der Waals surface area (Å²) in [4.78, 5) is 11.2. The van der Waals surface area contributed by atoms with E-state index >= 15 is 0 Å². The van der Waals surface area contributed by atoms with E-state index in [1.807, 2.05) is 0 Å². The topological polar surface area (TPSA) is 61.5 Å². The number of amides is 1. The van der Waals surface area contributed by atoms with Gasteiger partial charge in [0.05, 0.1) is 7.11 Å². The molecule has 0 heterocycles. The lowest BCUT2D eigenvalue weighted by Crippen LogP contribution is -2.11. The molecule has 122 valence electrons. The third-order valence-electron chi connectivity index (χ3n) is 3.66. The van der Waals surface area contributed by atoms with Gasteiger partial charge in [-0.1, -0.05) is 45.0 Å². The number of carbonyl (C=O) groups is 1. The molecule has 0 saturated heterocycles. The van der Waals surface area contributed by atoms with Gasteiger partial charge < -0.3 is 15.2 Å². The van der Waals surface area contributed by atoms with Crippen LogP contribution in [0.1, 0.15) is 42.3 Å². The summed E-state index contributed by atoms with van der Waals surface area (Å²) in [5, 5.41) is 0. The fourth-order valence-corrected chi connectivity index (χ4v) is 2.20. The molecule has 4 nitrogen and oxygen atoms in total. The Kier molecular flexibility index (Phi) is 4.94. The average Bonchev–Trinajstić information content (AvgIpc) is 2.52. The number of ether oxygens (including phenoxy) is 2. The van der Waals surface area contributed by atoms with Gasteiger partial charge in [0.1, 0.15) is 6.61 Å². The smallest absolute Gasteiger partial charge is 0.248 e. The van der Waals surface area contributed by atoms with Crippen LogP contribution in [-0.4, -0.2) is 13.0 Å². The highest BCUT2D eigenvalue weighted by Crippen LogP contribution is 2.29. The van der Waals surface area contributed by atoms with E-state index < -0.39 is 5.91 Å². The number of benzene rings is 2. The van der Waals surface area contributed by atoms with Crippen LogP contribution >= 0.6 is 0 Å². The Morgan fingerprint density at radius 3 is 2.22 bits per heavy atom. The zero-order valence-corrected chi connectivity index (χ0v) is 14.1. The van der Waals surface area contributed by atoms with Gasteiger partial charge in [-0.25, -0.2) is 0 Å². The van der Waals surface area contributed by atoms with Crippen molar-refractivity contribution in [2.75, 3.05) is 7.11 Å². The molecule has 0 saturated carbocycles. The van der Waals surface area contributed by atoms with E-state index in [-0.39, 0.29) is 5.41 Å². The first-order valence-corrected chi connectivity index (χ1v) is 7.51. The highest BCUT2D eigenvalue weighted by Gasteiger charge is 2.13. The van der Waals surface area contributed by atoms with Crippen LogP contribution in [-0.2, 0) is 12.0 Å². The summed E-state index contributed by atoms with van der Waals surface area (Å²) in [6.07, 6.45) is 0. The van der Waals surface area contributed by atoms with Gasteiger partial charge in [-0.3, -0.25) is 4.79 Å². The molecule has 2 aromatic carbocycles. The predicted octanol–water partition coefficient (Wildman–Crippen LogP) is 3.67. The van der Waals surface area contributed by atoms with E-state index in [1.54, 1.807) is 18.2 Å². The summed E-state index contributed by atoms with van der Waals surface area (Å²) >= 11 is 0. The first-order chi connectivity index (χ1) is 10.8. The summed E-state index contributed by atoms with van der Waals surface area (Å²) < 4.78 is 11.1. The van der Waals surface area contributed by atoms with Crippen LogP contribution < -0.4 is 15.2 Å². The molecular formula is C19H23NO3. The first-order valence-electron chi connectivity index (χ1n) is 7.51. The van der Waals surface area contributed by atoms with Gasteiger partial charge in [0, 0.05) is 5.56 Å². The second-order valence-corrected chi connectivity index (χ2v) is 6.47. The van der Waals surface area contributed by atoms with Crippen molar-refractivity contribution in [3.05, 3.63) is 59.2 Å². The van der Waals surface area contributed by atoms with Crippen LogP contribution in [0.3, 0.4) is 0 Å². The summed E-state index contributed by atoms with van der Waals surface area (Å²) in [6, 6.07) is 13.3. The van der Waals surface area contributed by atoms with E-state index in [0.29, 0.717) is 23.7 Å². The highest BCUT2D eigenvalue weighted by atomic mass is 16.5. The van der Waals surface area contributed by atoms with E-state index in [0.717, 1.165) is 5.56 Å². The third-order valence-corrected chi connectivity index (χ3v) is 3.66. The first kappa shape index (κ1) is 16.9. The SMILES string of the molecule is COc1cc(C(N)=O)ccc1OCc1ccc(C(C)(C)C)cc1. The van der Waals surface area contributed by atoms with E-state index in [2.05, 4.69) is 45.0 Å². The molecule has 0 fully saturated rings. The quantitative estimate of drug-likeness (QED) is 0.916. The maximum absolute atomic E-state index is 11.2. The Morgan fingerprint density at radius 2 is 1.70 bits per heavy atom. The molecule has 2 rings (SSSR count). The number of hydrogen-bond donors (Lipinski definition) is 1. The van der Waals surface area contributed by atoms with Crippen molar-refractivity contribution >= 4 is 5.91 Å². The van der Waals surface area contributed by atoms with E-state index in [1.165, 1.54) is 12.7 Å². The van der Waals surface area contributed by atoms with Gasteiger partial charge in [0.15, 0.2) is 11.5 Å². The van der Waals surface area contributed by atoms with Gasteiger partial charge in [-0.05, 0) is 34.7 Å². The lowest BCUT2D eigenvalue weighted by molar-refractivity contribution is 0.1000. The van der Waals surface area contributed by atoms with Crippen molar-refractivity contribution in [2.45, 2.75) is 32.8 Å². The highest BCUT2D eigenvalue weighted by molar-refractivity contribution is 5.93. The number of nitrogens with two attached hydrogens (primary N) is 1. The van der Waals surface area contributed by atoms with Gasteiger partial charge in [0.25, 0.3) is 0 Å². The van der Waals surface area contributed by atoms with Crippen molar-refractivity contribution in [2.24, 2.45) is 5.73 Å². The summed E-state index contributed by atoms with van der Waals surface area (Å²) in [7, 11) is 1.53. The van der Waals surface area contributed by atoms with Crippen LogP contribution in [0.4, 0.5) is 0 Å². The van der Waals surface area contributed by atoms with Crippen LogP contribution in [0, 0.1) is 0 Å². The summed E-state index contributed by atoms with van der Waals surface area (Å²) in [6.45, 7) is 6.98. The monoisotopic (exact) mass is 313 g/mol. The van der Waals surface area contributed by atoms with Crippen molar-refractivity contribution in [1.29, 1.82) is 0 Å². The minimum absolute atomic E-state index is 0.132. The molecule has 1 amide bonds. The maximum Gasteiger partial charge on any atom is 0.248 e. The van der Waals surface area contributed by atoms with Gasteiger partial charge >= 0.3 is 0 Å². The fourth-order valence-electron chi connectivity index (χ4n) is 2.20. The molecule has 23 heavy (non-hydrogen) atoms. The van der Waals surface area contributed by atoms with Crippen molar-refractivity contribution in [3.8, 4) is 11.5 Å². The Balaban J connectivity index is 2.10. The molecule has 0 aromatic heterocycles. The lowest BCUT2D eigenvalue weighted by atomic mass is 9.87. The maximum atomic E-state index is 11.2. The minimum atomic E-state index is -0.493. The molecule has 0 atom stereocenters. The lowest BCUT2D eigenvalue weighted by Gasteiger charge is -2.19. The zero-order valence-electron chi connectivity index (χ0n) is 14.1. The van der Waals surface area contributed by atoms with Crippen LogP contribution in [0.2, 0.25) is 0 Å². The molecule has 2 N–H and O–H groups in total. The zero-order chi connectivity index (χ0) is 17.0. The standard InChI is InChI=1S/C19H23NO3/c1-19(2,3)15-8-5-13(6-9-15)12-23-16-10-7-14(18(20)21)11-17(16)22-4/h5-11H,12H2,1-4H3,(H2,20,21). The number of methoxy groups -OCH3 is 1. The molecule has 0 unspecified atom stereocenters. The van der Waals surface area contributed by atoms with Gasteiger partial charge in [-0.15, -0.1) is 0 Å². The van der Waals surface area contributed by atoms with Crippen molar-refractivity contribution in [1.82, 2.24) is 0 Å². The van der Waals surface area contributed by atoms with Crippen molar-refractivity contribution in [3.63, 3.8) is 0 Å². The second kappa shape index (κ2) is 6.73. The van der Waals surface area contributed by atoms with E-state index in [9.17, 15) is 4.79 Å². The molecule has 0 aliphatic heterocycles. The number of hydrogen-bond acceptors (Lipinski definition) is 3. The Morgan fingerprint density at radius 1 is 1.04 bits per heavy atom. The third kappa shape index (κ3) is 4.25. The molecule has 4 heteroatoms. The summed E-state index contributed by atoms with van der Waals surface area (Å²) in [5.74, 6) is 0.581. The molecular weight excluding hydrogens is 290 g/mol. The van der Waals surface area contributed by atoms with E-state index in [4.69, 9.17) is 15.2 Å². The molecule has 0 aliphatic rings. The second-order valence-electron chi connectivity index (χ2n) is 6.47. The Labute approximate surface area is 137 Å². The molecule has 0 bridgehead atoms. The minimum Gasteiger partial charge on any atom is -0.493 e. The summed E-state index contributed by atoms with van der Waals surface area (Å²) in [5.41, 5.74) is 8.14. The van der Waals surface area contributed by atoms with Crippen LogP contribution in [0.5, 0.6) is 11.5 Å². The molecule has 0 spiro atoms. The molecule has 0 aliphatic carbocycles. The van der Waals surface area contributed by atoms with Gasteiger partial charge in [0.2, 0.25) is 5.91 Å². The Bertz CT molecular complexity index is 685. The number of carbonyl (C=O) groups excluding carboxylic acids is 1. The fraction of sp³-hybridized carbons (Fsp3) is 0.316. The predicted molar refractivity (Wildman–Crippen MR) is 91.0 cm³/mol. The van der Waals surface area contributed by atoms with Crippen LogP contribution in [0.25, 0.3) is 0 Å². The largest absolute Gasteiger partial charge is 0.493 e. The molecule has 0 radical (unpaired) electrons.